The standard InChI is InChI=1S/C10H15NO3/c1-5-7(2)11-8(12)6-10(3,4)9(13)14/h1,7H,6H2,2-4H3,(H,11,12)(H,13,14). The monoisotopic (exact) mass is 197 g/mol. The van der Waals surface area contributed by atoms with Crippen molar-refractivity contribution < 1.29 is 14.7 Å². The molecular weight excluding hydrogens is 182 g/mol. The lowest BCUT2D eigenvalue weighted by Crippen LogP contribution is -2.37. The molecule has 0 aromatic heterocycles. The summed E-state index contributed by atoms with van der Waals surface area (Å²) in [6.07, 6.45) is 4.99. The molecule has 4 nitrogen and oxygen atoms in total. The molecule has 0 heterocycles. The van der Waals surface area contributed by atoms with Gasteiger partial charge in [0.1, 0.15) is 0 Å². The first kappa shape index (κ1) is 12.5. The lowest BCUT2D eigenvalue weighted by atomic mass is 9.89. The van der Waals surface area contributed by atoms with E-state index in [2.05, 4.69) is 11.2 Å². The molecule has 1 atom stereocenters. The minimum Gasteiger partial charge on any atom is -0.481 e. The second-order valence-corrected chi connectivity index (χ2v) is 3.82. The molecule has 0 saturated heterocycles. The van der Waals surface area contributed by atoms with Crippen molar-refractivity contribution in [3.8, 4) is 12.3 Å². The van der Waals surface area contributed by atoms with Crippen LogP contribution in [0.25, 0.3) is 0 Å². The first-order valence-electron chi connectivity index (χ1n) is 4.28. The van der Waals surface area contributed by atoms with Gasteiger partial charge in [-0.3, -0.25) is 9.59 Å². The molecule has 1 amide bonds. The first-order chi connectivity index (χ1) is 6.29. The number of terminal acetylenes is 1. The van der Waals surface area contributed by atoms with E-state index in [1.54, 1.807) is 6.92 Å². The quantitative estimate of drug-likeness (QED) is 0.649. The molecule has 1 unspecified atom stereocenters. The summed E-state index contributed by atoms with van der Waals surface area (Å²) in [6, 6.07) is -0.368. The number of rotatable bonds is 4. The normalized spacial score (nSPS) is 12.7. The molecule has 0 spiro atoms. The summed E-state index contributed by atoms with van der Waals surface area (Å²) in [5, 5.41) is 11.3. The zero-order valence-electron chi connectivity index (χ0n) is 8.63. The van der Waals surface area contributed by atoms with Crippen LogP contribution in [-0.4, -0.2) is 23.0 Å². The van der Waals surface area contributed by atoms with Crippen molar-refractivity contribution in [2.75, 3.05) is 0 Å². The van der Waals surface area contributed by atoms with Crippen molar-refractivity contribution in [2.45, 2.75) is 33.2 Å². The number of carboxylic acids is 1. The van der Waals surface area contributed by atoms with Gasteiger partial charge in [0.05, 0.1) is 11.5 Å². The Bertz CT molecular complexity index is 276. The van der Waals surface area contributed by atoms with Crippen molar-refractivity contribution in [3.63, 3.8) is 0 Å². The van der Waals surface area contributed by atoms with Gasteiger partial charge in [0.25, 0.3) is 0 Å². The van der Waals surface area contributed by atoms with E-state index in [0.717, 1.165) is 0 Å². The molecule has 78 valence electrons. The minimum atomic E-state index is -1.06. The van der Waals surface area contributed by atoms with Crippen LogP contribution >= 0.6 is 0 Å². The highest BCUT2D eigenvalue weighted by Crippen LogP contribution is 2.19. The Kier molecular flexibility index (Phi) is 4.16. The maximum absolute atomic E-state index is 11.3. The highest BCUT2D eigenvalue weighted by molar-refractivity contribution is 5.84. The molecule has 4 heteroatoms. The van der Waals surface area contributed by atoms with Crippen molar-refractivity contribution in [1.82, 2.24) is 5.32 Å². The zero-order chi connectivity index (χ0) is 11.4. The largest absolute Gasteiger partial charge is 0.481 e. The van der Waals surface area contributed by atoms with Crippen molar-refractivity contribution in [2.24, 2.45) is 5.41 Å². The van der Waals surface area contributed by atoms with E-state index in [1.807, 2.05) is 0 Å². The highest BCUT2D eigenvalue weighted by Gasteiger charge is 2.30. The number of hydrogen-bond acceptors (Lipinski definition) is 2. The second-order valence-electron chi connectivity index (χ2n) is 3.82. The van der Waals surface area contributed by atoms with Gasteiger partial charge in [-0.2, -0.15) is 0 Å². The van der Waals surface area contributed by atoms with Crippen molar-refractivity contribution in [1.29, 1.82) is 0 Å². The Morgan fingerprint density at radius 3 is 2.43 bits per heavy atom. The zero-order valence-corrected chi connectivity index (χ0v) is 8.63. The topological polar surface area (TPSA) is 66.4 Å². The van der Waals surface area contributed by atoms with Gasteiger partial charge >= 0.3 is 5.97 Å². The van der Waals surface area contributed by atoms with Gasteiger partial charge in [-0.1, -0.05) is 5.92 Å². The SMILES string of the molecule is C#CC(C)NC(=O)CC(C)(C)C(=O)O. The third kappa shape index (κ3) is 3.94. The van der Waals surface area contributed by atoms with Gasteiger partial charge in [0.15, 0.2) is 0 Å². The van der Waals surface area contributed by atoms with Crippen LogP contribution in [0.4, 0.5) is 0 Å². The van der Waals surface area contributed by atoms with Crippen molar-refractivity contribution in [3.05, 3.63) is 0 Å². The predicted octanol–water partition coefficient (Wildman–Crippen LogP) is 0.625. The highest BCUT2D eigenvalue weighted by atomic mass is 16.4. The van der Waals surface area contributed by atoms with Crippen LogP contribution in [0.3, 0.4) is 0 Å². The van der Waals surface area contributed by atoms with Crippen molar-refractivity contribution >= 4 is 11.9 Å². The first-order valence-corrected chi connectivity index (χ1v) is 4.28. The van der Waals surface area contributed by atoms with Crippen LogP contribution in [0.1, 0.15) is 27.2 Å². The molecule has 0 radical (unpaired) electrons. The predicted molar refractivity (Wildman–Crippen MR) is 52.5 cm³/mol. The third-order valence-corrected chi connectivity index (χ3v) is 1.81. The summed E-state index contributed by atoms with van der Waals surface area (Å²) >= 11 is 0. The van der Waals surface area contributed by atoms with Crippen LogP contribution < -0.4 is 5.32 Å². The Morgan fingerprint density at radius 2 is 2.07 bits per heavy atom. The van der Waals surface area contributed by atoms with E-state index < -0.39 is 11.4 Å². The van der Waals surface area contributed by atoms with Crippen LogP contribution in [-0.2, 0) is 9.59 Å². The Labute approximate surface area is 83.7 Å². The van der Waals surface area contributed by atoms with Gasteiger partial charge in [0, 0.05) is 6.42 Å². The van der Waals surface area contributed by atoms with Gasteiger partial charge < -0.3 is 10.4 Å². The fourth-order valence-corrected chi connectivity index (χ4v) is 0.811. The van der Waals surface area contributed by atoms with E-state index >= 15 is 0 Å². The lowest BCUT2D eigenvalue weighted by molar-refractivity contribution is -0.149. The maximum atomic E-state index is 11.3. The molecule has 14 heavy (non-hydrogen) atoms. The summed E-state index contributed by atoms with van der Waals surface area (Å²) in [5.74, 6) is 0.988. The van der Waals surface area contributed by atoms with E-state index in [1.165, 1.54) is 13.8 Å². The minimum absolute atomic E-state index is 0.0750. The molecule has 0 rings (SSSR count). The lowest BCUT2D eigenvalue weighted by Gasteiger charge is -2.18. The van der Waals surface area contributed by atoms with Gasteiger partial charge in [-0.15, -0.1) is 6.42 Å². The van der Waals surface area contributed by atoms with Crippen LogP contribution in [0.2, 0.25) is 0 Å². The number of hydrogen-bond donors (Lipinski definition) is 2. The summed E-state index contributed by atoms with van der Waals surface area (Å²) in [7, 11) is 0. The smallest absolute Gasteiger partial charge is 0.309 e. The summed E-state index contributed by atoms with van der Waals surface area (Å²) < 4.78 is 0. The molecule has 0 aliphatic carbocycles. The number of carboxylic acid groups (broad SMARTS) is 1. The molecular formula is C10H15NO3. The van der Waals surface area contributed by atoms with Crippen LogP contribution in [0, 0.1) is 17.8 Å². The van der Waals surface area contributed by atoms with Crippen LogP contribution in [0.15, 0.2) is 0 Å². The number of aliphatic carboxylic acids is 1. The summed E-state index contributed by atoms with van der Waals surface area (Å²) in [6.45, 7) is 4.65. The van der Waals surface area contributed by atoms with Crippen LogP contribution in [0.5, 0.6) is 0 Å². The summed E-state index contributed by atoms with van der Waals surface area (Å²) in [5.41, 5.74) is -1.06. The number of carbonyl (C=O) groups excluding carboxylic acids is 1. The van der Waals surface area contributed by atoms with E-state index in [9.17, 15) is 9.59 Å². The molecule has 0 saturated carbocycles. The second kappa shape index (κ2) is 4.66. The number of nitrogens with one attached hydrogen (secondary N) is 1. The molecule has 0 aliphatic rings. The Hall–Kier alpha value is -1.50. The molecule has 0 fully saturated rings. The number of amides is 1. The molecule has 0 aromatic rings. The molecule has 0 aliphatic heterocycles. The maximum Gasteiger partial charge on any atom is 0.309 e. The van der Waals surface area contributed by atoms with E-state index in [0.29, 0.717) is 0 Å². The van der Waals surface area contributed by atoms with Gasteiger partial charge in [0.2, 0.25) is 5.91 Å². The molecule has 0 bridgehead atoms. The molecule has 2 N–H and O–H groups in total. The Balaban J connectivity index is 4.21. The fourth-order valence-electron chi connectivity index (χ4n) is 0.811. The fraction of sp³-hybridized carbons (Fsp3) is 0.600. The third-order valence-electron chi connectivity index (χ3n) is 1.81. The van der Waals surface area contributed by atoms with E-state index in [4.69, 9.17) is 11.5 Å². The Morgan fingerprint density at radius 1 is 1.57 bits per heavy atom. The molecule has 0 aromatic carbocycles. The number of carbonyl (C=O) groups is 2. The average Bonchev–Trinajstić information content (AvgIpc) is 2.02. The average molecular weight is 197 g/mol. The van der Waals surface area contributed by atoms with Gasteiger partial charge in [-0.25, -0.2) is 0 Å². The van der Waals surface area contributed by atoms with E-state index in [-0.39, 0.29) is 18.4 Å². The van der Waals surface area contributed by atoms with Gasteiger partial charge in [-0.05, 0) is 20.8 Å². The summed E-state index contributed by atoms with van der Waals surface area (Å²) in [4.78, 5) is 22.0.